The molecule has 4 rings (SSSR count). The topological polar surface area (TPSA) is 58.6 Å². The molecule has 5 nitrogen and oxygen atoms in total. The predicted molar refractivity (Wildman–Crippen MR) is 99.6 cm³/mol. The SMILES string of the molecule is CC(=O)NC12CCOCC1CN(C(=O)c1ccc(C3=CCCC3)cc1)C2. The van der Waals surface area contributed by atoms with E-state index in [0.717, 1.165) is 19.3 Å². The van der Waals surface area contributed by atoms with E-state index in [0.29, 0.717) is 31.9 Å². The van der Waals surface area contributed by atoms with Crippen LogP contribution in [0, 0.1) is 5.92 Å². The van der Waals surface area contributed by atoms with E-state index in [-0.39, 0.29) is 23.3 Å². The van der Waals surface area contributed by atoms with E-state index in [1.807, 2.05) is 17.0 Å². The second kappa shape index (κ2) is 6.88. The van der Waals surface area contributed by atoms with Gasteiger partial charge in [-0.3, -0.25) is 9.59 Å². The molecule has 2 aliphatic heterocycles. The van der Waals surface area contributed by atoms with Crippen molar-refractivity contribution in [2.45, 2.75) is 38.1 Å². The van der Waals surface area contributed by atoms with Crippen LogP contribution in [0.15, 0.2) is 30.3 Å². The van der Waals surface area contributed by atoms with E-state index >= 15 is 0 Å². The second-order valence-electron chi connectivity index (χ2n) is 7.74. The molecule has 0 aromatic heterocycles. The Morgan fingerprint density at radius 2 is 2.08 bits per heavy atom. The molecule has 1 aliphatic carbocycles. The first-order valence-corrected chi connectivity index (χ1v) is 9.53. The summed E-state index contributed by atoms with van der Waals surface area (Å²) in [6.45, 7) is 3.96. The highest BCUT2D eigenvalue weighted by Gasteiger charge is 2.50. The third kappa shape index (κ3) is 3.16. The molecule has 0 bridgehead atoms. The van der Waals surface area contributed by atoms with Crippen molar-refractivity contribution < 1.29 is 14.3 Å². The van der Waals surface area contributed by atoms with Crippen LogP contribution in [-0.2, 0) is 9.53 Å². The largest absolute Gasteiger partial charge is 0.381 e. The van der Waals surface area contributed by atoms with Gasteiger partial charge in [0.2, 0.25) is 5.91 Å². The standard InChI is InChI=1S/C21H26N2O3/c1-15(24)22-21-10-11-26-13-19(21)12-23(14-21)20(25)18-8-6-17(7-9-18)16-4-2-3-5-16/h4,6-9,19H,2-3,5,10-14H2,1H3,(H,22,24). The van der Waals surface area contributed by atoms with E-state index in [1.165, 1.54) is 17.6 Å². The van der Waals surface area contributed by atoms with Crippen LogP contribution < -0.4 is 5.32 Å². The van der Waals surface area contributed by atoms with Gasteiger partial charge in [-0.15, -0.1) is 0 Å². The molecular weight excluding hydrogens is 328 g/mol. The van der Waals surface area contributed by atoms with Gasteiger partial charge in [0.1, 0.15) is 0 Å². The quantitative estimate of drug-likeness (QED) is 0.908. The normalized spacial score (nSPS) is 27.8. The molecule has 2 heterocycles. The highest BCUT2D eigenvalue weighted by Crippen LogP contribution is 2.35. The third-order valence-corrected chi connectivity index (χ3v) is 5.96. The van der Waals surface area contributed by atoms with Crippen molar-refractivity contribution in [3.8, 4) is 0 Å². The van der Waals surface area contributed by atoms with Crippen molar-refractivity contribution in [3.63, 3.8) is 0 Å². The maximum absolute atomic E-state index is 13.0. The van der Waals surface area contributed by atoms with E-state index in [1.54, 1.807) is 6.92 Å². The van der Waals surface area contributed by atoms with Crippen molar-refractivity contribution in [3.05, 3.63) is 41.5 Å². The Labute approximate surface area is 154 Å². The van der Waals surface area contributed by atoms with Crippen LogP contribution in [0.25, 0.3) is 5.57 Å². The number of nitrogens with one attached hydrogen (secondary N) is 1. The summed E-state index contributed by atoms with van der Waals surface area (Å²) in [5.74, 6) is 0.156. The highest BCUT2D eigenvalue weighted by molar-refractivity contribution is 5.95. The van der Waals surface area contributed by atoms with E-state index in [9.17, 15) is 9.59 Å². The molecular formula is C21H26N2O3. The summed E-state index contributed by atoms with van der Waals surface area (Å²) in [5.41, 5.74) is 2.98. The van der Waals surface area contributed by atoms with Gasteiger partial charge in [0.05, 0.1) is 12.1 Å². The smallest absolute Gasteiger partial charge is 0.253 e. The molecule has 2 saturated heterocycles. The molecule has 2 amide bonds. The lowest BCUT2D eigenvalue weighted by atomic mass is 9.83. The number of ether oxygens (including phenoxy) is 1. The van der Waals surface area contributed by atoms with Crippen LogP contribution in [0.3, 0.4) is 0 Å². The summed E-state index contributed by atoms with van der Waals surface area (Å²) in [6, 6.07) is 7.97. The Hall–Kier alpha value is -2.14. The Morgan fingerprint density at radius 1 is 1.27 bits per heavy atom. The lowest BCUT2D eigenvalue weighted by Gasteiger charge is -2.38. The number of benzene rings is 1. The summed E-state index contributed by atoms with van der Waals surface area (Å²) in [5, 5.41) is 3.12. The molecule has 0 spiro atoms. The van der Waals surface area contributed by atoms with Crippen LogP contribution in [0.2, 0.25) is 0 Å². The third-order valence-electron chi connectivity index (χ3n) is 5.96. The first kappa shape index (κ1) is 17.3. The molecule has 1 aromatic carbocycles. The minimum Gasteiger partial charge on any atom is -0.381 e. The van der Waals surface area contributed by atoms with Crippen molar-refractivity contribution in [2.75, 3.05) is 26.3 Å². The maximum Gasteiger partial charge on any atom is 0.253 e. The molecule has 26 heavy (non-hydrogen) atoms. The molecule has 5 heteroatoms. The minimum absolute atomic E-state index is 0.0380. The summed E-state index contributed by atoms with van der Waals surface area (Å²) >= 11 is 0. The number of carbonyl (C=O) groups excluding carboxylic acids is 2. The van der Waals surface area contributed by atoms with Crippen molar-refractivity contribution >= 4 is 17.4 Å². The molecule has 3 aliphatic rings. The Bertz CT molecular complexity index is 740. The summed E-state index contributed by atoms with van der Waals surface area (Å²) in [7, 11) is 0. The number of amides is 2. The number of rotatable bonds is 3. The van der Waals surface area contributed by atoms with E-state index in [2.05, 4.69) is 23.5 Å². The molecule has 1 N–H and O–H groups in total. The van der Waals surface area contributed by atoms with Crippen LogP contribution in [0.5, 0.6) is 0 Å². The monoisotopic (exact) mass is 354 g/mol. The van der Waals surface area contributed by atoms with Crippen LogP contribution in [0.4, 0.5) is 0 Å². The van der Waals surface area contributed by atoms with Gasteiger partial charge in [-0.05, 0) is 49.0 Å². The molecule has 0 radical (unpaired) electrons. The summed E-state index contributed by atoms with van der Waals surface area (Å²) < 4.78 is 5.60. The Kier molecular flexibility index (Phi) is 4.57. The van der Waals surface area contributed by atoms with Gasteiger partial charge in [0.15, 0.2) is 0 Å². The van der Waals surface area contributed by atoms with Gasteiger partial charge in [0.25, 0.3) is 5.91 Å². The summed E-state index contributed by atoms with van der Waals surface area (Å²) in [4.78, 5) is 26.6. The predicted octanol–water partition coefficient (Wildman–Crippen LogP) is 2.62. The van der Waals surface area contributed by atoms with Gasteiger partial charge in [-0.2, -0.15) is 0 Å². The second-order valence-corrected chi connectivity index (χ2v) is 7.74. The zero-order valence-electron chi connectivity index (χ0n) is 15.3. The molecule has 2 fully saturated rings. The maximum atomic E-state index is 13.0. The molecule has 2 unspecified atom stereocenters. The first-order valence-electron chi connectivity index (χ1n) is 9.53. The fourth-order valence-electron chi connectivity index (χ4n) is 4.60. The Morgan fingerprint density at radius 3 is 2.77 bits per heavy atom. The van der Waals surface area contributed by atoms with Crippen molar-refractivity contribution in [2.24, 2.45) is 5.92 Å². The number of hydrogen-bond acceptors (Lipinski definition) is 3. The number of allylic oxidation sites excluding steroid dienone is 2. The minimum atomic E-state index is -0.339. The Balaban J connectivity index is 1.50. The fourth-order valence-corrected chi connectivity index (χ4v) is 4.60. The summed E-state index contributed by atoms with van der Waals surface area (Å²) in [6.07, 6.45) is 6.55. The van der Waals surface area contributed by atoms with Gasteiger partial charge in [-0.1, -0.05) is 18.2 Å². The average molecular weight is 354 g/mol. The van der Waals surface area contributed by atoms with Crippen molar-refractivity contribution in [1.29, 1.82) is 0 Å². The van der Waals surface area contributed by atoms with Gasteiger partial charge in [-0.25, -0.2) is 0 Å². The zero-order chi connectivity index (χ0) is 18.1. The number of hydrogen-bond donors (Lipinski definition) is 1. The molecule has 0 saturated carbocycles. The van der Waals surface area contributed by atoms with Gasteiger partial charge in [0, 0.05) is 38.1 Å². The van der Waals surface area contributed by atoms with Crippen molar-refractivity contribution in [1.82, 2.24) is 10.2 Å². The first-order chi connectivity index (χ1) is 12.6. The van der Waals surface area contributed by atoms with Crippen LogP contribution >= 0.6 is 0 Å². The number of carbonyl (C=O) groups is 2. The molecule has 1 aromatic rings. The fraction of sp³-hybridized carbons (Fsp3) is 0.524. The zero-order valence-corrected chi connectivity index (χ0v) is 15.3. The van der Waals surface area contributed by atoms with Gasteiger partial charge >= 0.3 is 0 Å². The highest BCUT2D eigenvalue weighted by atomic mass is 16.5. The number of nitrogens with zero attached hydrogens (tertiary/aromatic N) is 1. The lowest BCUT2D eigenvalue weighted by molar-refractivity contribution is -0.122. The number of fused-ring (bicyclic) bond motifs is 1. The van der Waals surface area contributed by atoms with E-state index in [4.69, 9.17) is 4.74 Å². The van der Waals surface area contributed by atoms with Crippen LogP contribution in [-0.4, -0.2) is 48.6 Å². The van der Waals surface area contributed by atoms with Gasteiger partial charge < -0.3 is 15.0 Å². The number of likely N-dealkylation sites (tertiary alicyclic amines) is 1. The average Bonchev–Trinajstić information content (AvgIpc) is 3.28. The lowest BCUT2D eigenvalue weighted by Crippen LogP contribution is -2.57. The van der Waals surface area contributed by atoms with Crippen LogP contribution in [0.1, 0.15) is 48.5 Å². The molecule has 138 valence electrons. The van der Waals surface area contributed by atoms with E-state index < -0.39 is 0 Å². The molecule has 2 atom stereocenters.